The molecule has 4 aliphatic heterocycles. The van der Waals surface area contributed by atoms with Crippen LogP contribution in [0.4, 0.5) is 32.0 Å². The van der Waals surface area contributed by atoms with Crippen molar-refractivity contribution < 1.29 is 79.7 Å². The monoisotopic (exact) mass is 1850 g/mol. The van der Waals surface area contributed by atoms with E-state index < -0.39 is 53.5 Å². The number of aliphatic hydroxyl groups excluding tert-OH is 2. The number of hydrogen-bond acceptors (Lipinski definition) is 15. The molecule has 0 aromatic heterocycles. The van der Waals surface area contributed by atoms with Crippen LogP contribution < -0.4 is 22.1 Å². The summed E-state index contributed by atoms with van der Waals surface area (Å²) in [6, 6.07) is 38.3. The van der Waals surface area contributed by atoms with Crippen LogP contribution in [-0.4, -0.2) is 196 Å². The number of anilines is 1. The maximum Gasteiger partial charge on any atom is 0.253 e. The largest absolute Gasteiger partial charge is 0.387 e. The lowest BCUT2D eigenvalue weighted by Gasteiger charge is -2.47. The first-order valence-corrected chi connectivity index (χ1v) is 45.9. The fourth-order valence-electron chi connectivity index (χ4n) is 21.9. The van der Waals surface area contributed by atoms with Crippen molar-refractivity contribution in [3.8, 4) is 0 Å². The van der Waals surface area contributed by atoms with Crippen molar-refractivity contribution in [2.75, 3.05) is 90.5 Å². The number of aliphatic hydroxyl groups is 2. The van der Waals surface area contributed by atoms with E-state index in [0.29, 0.717) is 133 Å². The number of imide groups is 3. The highest BCUT2D eigenvalue weighted by Crippen LogP contribution is 2.55. The van der Waals surface area contributed by atoms with Gasteiger partial charge in [0, 0.05) is 126 Å². The summed E-state index contributed by atoms with van der Waals surface area (Å²) in [5.41, 5.74) is 15.9. The molecule has 0 bridgehead atoms. The van der Waals surface area contributed by atoms with E-state index in [1.165, 1.54) is 88.2 Å². The Bertz CT molecular complexity index is 4980. The van der Waals surface area contributed by atoms with Gasteiger partial charge in [0.15, 0.2) is 0 Å². The van der Waals surface area contributed by atoms with Crippen molar-refractivity contribution >= 4 is 58.9 Å². The number of amides is 9. The molecule has 4 heterocycles. The molecule has 27 heteroatoms. The predicted octanol–water partition coefficient (Wildman–Crippen LogP) is 16.1. The lowest BCUT2D eigenvalue weighted by molar-refractivity contribution is -0.143. The van der Waals surface area contributed by atoms with Crippen LogP contribution in [0.1, 0.15) is 200 Å². The zero-order valence-corrected chi connectivity index (χ0v) is 76.4. The summed E-state index contributed by atoms with van der Waals surface area (Å²) >= 11 is 0. The van der Waals surface area contributed by atoms with Crippen LogP contribution in [0.3, 0.4) is 0 Å². The molecule has 8 N–H and O–H groups in total. The van der Waals surface area contributed by atoms with E-state index in [1.54, 1.807) is 4.90 Å². The van der Waals surface area contributed by atoms with Crippen molar-refractivity contribution in [3.05, 3.63) is 244 Å². The number of nitrogens with one attached hydrogen (secondary N) is 2. The smallest absolute Gasteiger partial charge is 0.253 e. The standard InChI is InChI=1S/C35H43F2N3O4.C34H44F2N4O4.C34H43F2N3O3.3CH4/c1-35(2,3)34(40(33(44)21-41)20-26-18-38-17-25(26)19-39-31(42)11-12-32(39)43)29-15-24(28-16-27(36)9-10-30(28)37)14-23(29)13-22-7-5-4-6-8-22;1-34(2,3)33(40(14-5-12-37)32(44)21-41)28-19-24(27-20-25(35)8-9-29(27)36)18-23(28)16-22-6-4-7-26(17-22)38-13-15-39-30(42)10-11-31(39)43;1-34(2,3)33(39(18-8-16-37)30(40)11-7-17-38-31(41)14-15-32(38)42)28-21-25(27-22-26(35)12-13-29(27)36)20-24(28)19-23-9-5-4-6-10-23;;;/h4-12,16,23-26,29,34,38,41H,13-15,17-21H2,1-3H3;4,6-11,17,20,23-24,28,33,38,41H,5,12-16,18-19,21,37H2,1-3H3;4-6,9-10,12-15,22,24-25,28,33H,7-8,11,16-21,37H2,1-3H3;3*1H4/t23?,24?,25?,26?,29?,34-;23?,24?,28?,33-;24?,25?,28?,33-;;;/m000.../s1. The van der Waals surface area contributed by atoms with Crippen molar-refractivity contribution in [2.45, 2.75) is 204 Å². The molecular formula is C106H142F6N10O11. The molecular weight excluding hydrogens is 1700 g/mol. The summed E-state index contributed by atoms with van der Waals surface area (Å²) in [5, 5.41) is 26.8. The minimum atomic E-state index is -0.650. The summed E-state index contributed by atoms with van der Waals surface area (Å²) in [4.78, 5) is 122. The van der Waals surface area contributed by atoms with E-state index in [0.717, 1.165) is 52.8 Å². The molecule has 6 aromatic carbocycles. The lowest BCUT2D eigenvalue weighted by Crippen LogP contribution is -2.55. The Morgan fingerprint density at radius 3 is 1.17 bits per heavy atom. The molecule has 133 heavy (non-hydrogen) atoms. The SMILES string of the molecule is C.C.C.CC(C)(C)[C@H](C1CC(c2cc(F)ccc2F)CC1Cc1cccc(NCCN2C(=O)C=CC2=O)c1)N(CCCN)C(=O)CO.CC(C)(C)[C@H](C1CC(c2cc(F)ccc2F)CC1Cc1ccccc1)N(CC1CNCC1CN1C(=O)C=CC1=O)C(=O)CO.CC(C)(C)[C@H](C1CC(c2cc(F)ccc2F)CC1Cc1ccccc1)N(CCCN)C(=O)CCCN1C(=O)C=CC1=O. The average Bonchev–Trinajstić information content (AvgIpc) is 1.60. The molecule has 3 saturated carbocycles. The molecule has 6 aromatic rings. The summed E-state index contributed by atoms with van der Waals surface area (Å²) in [7, 11) is 0. The first kappa shape index (κ1) is 108. The van der Waals surface area contributed by atoms with Gasteiger partial charge in [0.1, 0.15) is 48.1 Å². The molecule has 4 fully saturated rings. The second-order valence-electron chi connectivity index (χ2n) is 39.5. The van der Waals surface area contributed by atoms with Gasteiger partial charge in [0.2, 0.25) is 17.7 Å². The molecule has 14 atom stereocenters. The van der Waals surface area contributed by atoms with Gasteiger partial charge in [-0.15, -0.1) is 0 Å². The maximum absolute atomic E-state index is 15.1. The second-order valence-corrected chi connectivity index (χ2v) is 39.5. The molecule has 21 nitrogen and oxygen atoms in total. The maximum atomic E-state index is 15.1. The number of carbonyl (C=O) groups is 9. The van der Waals surface area contributed by atoms with Gasteiger partial charge in [-0.05, 0) is 272 Å². The van der Waals surface area contributed by atoms with Crippen LogP contribution >= 0.6 is 0 Å². The third-order valence-corrected chi connectivity index (χ3v) is 27.3. The van der Waals surface area contributed by atoms with Gasteiger partial charge in [0.05, 0.1) is 0 Å². The van der Waals surface area contributed by atoms with Gasteiger partial charge >= 0.3 is 0 Å². The Morgan fingerprint density at radius 2 is 0.774 bits per heavy atom. The fraction of sp³-hybridized carbons (Fsp3) is 0.519. The number of hydrogen-bond donors (Lipinski definition) is 6. The summed E-state index contributed by atoms with van der Waals surface area (Å²) in [5.74, 6) is -6.08. The minimum absolute atomic E-state index is 0. The fourth-order valence-corrected chi connectivity index (χ4v) is 21.9. The quantitative estimate of drug-likeness (QED) is 0.0159. The Morgan fingerprint density at radius 1 is 0.421 bits per heavy atom. The number of benzene rings is 6. The Hall–Kier alpha value is -10.5. The van der Waals surface area contributed by atoms with E-state index >= 15 is 13.2 Å². The molecule has 0 spiro atoms. The van der Waals surface area contributed by atoms with Crippen molar-refractivity contribution in [2.24, 2.45) is 75.1 Å². The second kappa shape index (κ2) is 48.6. The number of carbonyl (C=O) groups excluding carboxylic acids is 9. The van der Waals surface area contributed by atoms with Gasteiger partial charge < -0.3 is 47.0 Å². The molecule has 3 aliphatic carbocycles. The van der Waals surface area contributed by atoms with E-state index in [4.69, 9.17) is 11.5 Å². The van der Waals surface area contributed by atoms with Crippen LogP contribution in [0.5, 0.6) is 0 Å². The highest BCUT2D eigenvalue weighted by molar-refractivity contribution is 6.14. The van der Waals surface area contributed by atoms with E-state index in [-0.39, 0.29) is 196 Å². The minimum Gasteiger partial charge on any atom is -0.387 e. The third kappa shape index (κ3) is 27.9. The molecule has 7 aliphatic rings. The van der Waals surface area contributed by atoms with Crippen LogP contribution in [0.2, 0.25) is 0 Å². The Labute approximate surface area is 783 Å². The van der Waals surface area contributed by atoms with Crippen molar-refractivity contribution in [1.29, 1.82) is 0 Å². The van der Waals surface area contributed by atoms with Gasteiger partial charge in [0.25, 0.3) is 35.4 Å². The number of rotatable bonds is 35. The van der Waals surface area contributed by atoms with Crippen molar-refractivity contribution in [1.82, 2.24) is 34.7 Å². The Kier molecular flexibility index (Phi) is 39.5. The van der Waals surface area contributed by atoms with Crippen molar-refractivity contribution in [3.63, 3.8) is 0 Å². The number of halogens is 6. The molecule has 724 valence electrons. The van der Waals surface area contributed by atoms with Gasteiger partial charge in [-0.1, -0.05) is 157 Å². The Balaban J connectivity index is 0.000000243. The third-order valence-electron chi connectivity index (χ3n) is 27.3. The molecule has 0 radical (unpaired) electrons. The van der Waals surface area contributed by atoms with E-state index in [1.807, 2.05) is 70.5 Å². The van der Waals surface area contributed by atoms with Gasteiger partial charge in [-0.3, -0.25) is 57.9 Å². The first-order chi connectivity index (χ1) is 61.9. The van der Waals surface area contributed by atoms with Crippen LogP contribution in [0.15, 0.2) is 176 Å². The van der Waals surface area contributed by atoms with Gasteiger partial charge in [-0.2, -0.15) is 0 Å². The average molecular weight is 1850 g/mol. The highest BCUT2D eigenvalue weighted by Gasteiger charge is 2.52. The van der Waals surface area contributed by atoms with Crippen LogP contribution in [0.25, 0.3) is 0 Å². The van der Waals surface area contributed by atoms with Crippen LogP contribution in [-0.2, 0) is 62.4 Å². The normalized spacial score (nSPS) is 22.2. The number of nitrogens with zero attached hydrogens (tertiary/aromatic N) is 6. The molecule has 9 amide bonds. The summed E-state index contributed by atoms with van der Waals surface area (Å²) in [6.45, 7) is 21.9. The molecule has 11 unspecified atom stereocenters. The molecule has 1 saturated heterocycles. The predicted molar refractivity (Wildman–Crippen MR) is 508 cm³/mol. The zero-order chi connectivity index (χ0) is 94.1. The topological polar surface area (TPSA) is 290 Å². The lowest BCUT2D eigenvalue weighted by atomic mass is 9.72. The summed E-state index contributed by atoms with van der Waals surface area (Å²) < 4.78 is 88.0. The van der Waals surface area contributed by atoms with Crippen LogP contribution in [0, 0.1) is 98.5 Å². The zero-order valence-electron chi connectivity index (χ0n) is 76.4. The van der Waals surface area contributed by atoms with Gasteiger partial charge in [-0.25, -0.2) is 26.3 Å². The summed E-state index contributed by atoms with van der Waals surface area (Å²) in [6.07, 6.45) is 15.2. The number of nitrogens with two attached hydrogens (primary N) is 2. The van der Waals surface area contributed by atoms with E-state index in [9.17, 15) is 66.5 Å². The molecule has 13 rings (SSSR count). The van der Waals surface area contributed by atoms with E-state index in [2.05, 4.69) is 97.2 Å². The first-order valence-electron chi connectivity index (χ1n) is 45.9. The highest BCUT2D eigenvalue weighted by atomic mass is 19.1.